The summed E-state index contributed by atoms with van der Waals surface area (Å²) in [5.74, 6) is -1.18. The predicted octanol–water partition coefficient (Wildman–Crippen LogP) is 4.54. The highest BCUT2D eigenvalue weighted by molar-refractivity contribution is 6.14. The third kappa shape index (κ3) is 5.73. The molecular formula is C25H25F2N7O. The van der Waals surface area contributed by atoms with Gasteiger partial charge in [-0.3, -0.25) is 15.3 Å². The molecule has 8 nitrogen and oxygen atoms in total. The number of pyridine rings is 1. The van der Waals surface area contributed by atoms with Crippen LogP contribution in [0, 0.1) is 22.6 Å². The van der Waals surface area contributed by atoms with Crippen LogP contribution >= 0.6 is 0 Å². The summed E-state index contributed by atoms with van der Waals surface area (Å²) >= 11 is 0. The van der Waals surface area contributed by atoms with E-state index in [-0.39, 0.29) is 17.8 Å². The number of benzene rings is 2. The topological polar surface area (TPSA) is 123 Å². The van der Waals surface area contributed by atoms with E-state index < -0.39 is 17.7 Å². The maximum atomic E-state index is 14.1. The van der Waals surface area contributed by atoms with Gasteiger partial charge in [0.2, 0.25) is 0 Å². The molecule has 0 aliphatic carbocycles. The largest absolute Gasteiger partial charge is 0.398 e. The fourth-order valence-corrected chi connectivity index (χ4v) is 3.82. The maximum Gasteiger partial charge on any atom is 0.130 e. The number of anilines is 2. The second-order valence-corrected chi connectivity index (χ2v) is 8.03. The summed E-state index contributed by atoms with van der Waals surface area (Å²) in [7, 11) is 0. The number of hydrogen-bond donors (Lipinski definition) is 4. The van der Waals surface area contributed by atoms with Crippen molar-refractivity contribution < 1.29 is 13.5 Å². The van der Waals surface area contributed by atoms with Crippen LogP contribution in [0.4, 0.5) is 20.2 Å². The Bertz CT molecular complexity index is 1230. The zero-order valence-electron chi connectivity index (χ0n) is 18.8. The summed E-state index contributed by atoms with van der Waals surface area (Å²) in [4.78, 5) is 5.84. The standard InChI is InChI=1S/C25H25F2N7O/c26-20-2-1-3-21(27)19(20)14-34-10-11-35-24(15-34)23(33-30)13-32-17-4-5-22(28)18(12-17)25(29)16-6-8-31-9-7-16/h1-9,12-13,24,29-30,32H,10-11,14-15,28H2/b23-13-,29-25?,33-30?. The van der Waals surface area contributed by atoms with Crippen LogP contribution in [-0.2, 0) is 11.3 Å². The first kappa shape index (κ1) is 24.1. The smallest absolute Gasteiger partial charge is 0.130 e. The molecule has 1 atom stereocenters. The van der Waals surface area contributed by atoms with Crippen molar-refractivity contribution in [3.8, 4) is 0 Å². The van der Waals surface area contributed by atoms with Gasteiger partial charge in [-0.2, -0.15) is 5.11 Å². The number of nitrogen functional groups attached to an aromatic ring is 1. The first-order valence-electron chi connectivity index (χ1n) is 11.0. The first-order valence-corrected chi connectivity index (χ1v) is 11.0. The van der Waals surface area contributed by atoms with Gasteiger partial charge >= 0.3 is 0 Å². The summed E-state index contributed by atoms with van der Waals surface area (Å²) in [5, 5.41) is 15.2. The molecule has 180 valence electrons. The number of aromatic nitrogens is 1. The molecule has 0 bridgehead atoms. The van der Waals surface area contributed by atoms with E-state index in [2.05, 4.69) is 15.4 Å². The van der Waals surface area contributed by atoms with Crippen molar-refractivity contribution in [1.29, 1.82) is 10.9 Å². The molecule has 35 heavy (non-hydrogen) atoms. The van der Waals surface area contributed by atoms with Crippen LogP contribution in [0.1, 0.15) is 16.7 Å². The number of hydrogen-bond acceptors (Lipinski definition) is 8. The number of rotatable bonds is 8. The summed E-state index contributed by atoms with van der Waals surface area (Å²) in [6.07, 6.45) is 4.23. The molecule has 0 spiro atoms. The number of nitrogens with zero attached hydrogens (tertiary/aromatic N) is 3. The number of halogens is 2. The van der Waals surface area contributed by atoms with Crippen molar-refractivity contribution >= 4 is 17.1 Å². The molecule has 5 N–H and O–H groups in total. The Morgan fingerprint density at radius 1 is 1.20 bits per heavy atom. The Labute approximate surface area is 201 Å². The third-order valence-electron chi connectivity index (χ3n) is 5.73. The minimum Gasteiger partial charge on any atom is -0.398 e. The van der Waals surface area contributed by atoms with Gasteiger partial charge in [0.05, 0.1) is 12.3 Å². The lowest BCUT2D eigenvalue weighted by Gasteiger charge is -2.32. The second-order valence-electron chi connectivity index (χ2n) is 8.03. The van der Waals surface area contributed by atoms with E-state index in [0.29, 0.717) is 47.9 Å². The summed E-state index contributed by atoms with van der Waals surface area (Å²) in [5.41, 5.74) is 16.6. The van der Waals surface area contributed by atoms with E-state index in [9.17, 15) is 8.78 Å². The Kier molecular flexibility index (Phi) is 7.54. The highest BCUT2D eigenvalue weighted by Gasteiger charge is 2.25. The lowest BCUT2D eigenvalue weighted by molar-refractivity contribution is -0.0140. The molecule has 4 rings (SSSR count). The molecule has 1 saturated heterocycles. The molecule has 0 amide bonds. The van der Waals surface area contributed by atoms with Crippen LogP contribution in [0.15, 0.2) is 77.9 Å². The lowest BCUT2D eigenvalue weighted by atomic mass is 10.0. The molecule has 1 aliphatic heterocycles. The van der Waals surface area contributed by atoms with Crippen molar-refractivity contribution in [2.45, 2.75) is 12.6 Å². The van der Waals surface area contributed by atoms with Crippen LogP contribution < -0.4 is 11.1 Å². The SMILES string of the molecule is N=N/C(=C\Nc1ccc(N)c(C(=N)c2ccncc2)c1)C1CN(Cc2c(F)cccc2F)CCO1. The number of nitrogens with two attached hydrogens (primary N) is 1. The Morgan fingerprint density at radius 3 is 2.66 bits per heavy atom. The van der Waals surface area contributed by atoms with Gasteiger partial charge in [0.1, 0.15) is 23.4 Å². The van der Waals surface area contributed by atoms with Crippen molar-refractivity contribution in [1.82, 2.24) is 9.88 Å². The first-order chi connectivity index (χ1) is 17.0. The molecule has 2 aromatic carbocycles. The molecule has 0 saturated carbocycles. The van der Waals surface area contributed by atoms with E-state index in [4.69, 9.17) is 21.4 Å². The van der Waals surface area contributed by atoms with E-state index in [1.165, 1.54) is 18.2 Å². The van der Waals surface area contributed by atoms with Gasteiger partial charge < -0.3 is 15.8 Å². The van der Waals surface area contributed by atoms with Crippen LogP contribution in [0.3, 0.4) is 0 Å². The third-order valence-corrected chi connectivity index (χ3v) is 5.73. The molecule has 1 fully saturated rings. The molecule has 1 unspecified atom stereocenters. The average Bonchev–Trinajstić information content (AvgIpc) is 2.88. The van der Waals surface area contributed by atoms with Gasteiger partial charge in [-0.25, -0.2) is 14.3 Å². The van der Waals surface area contributed by atoms with Crippen LogP contribution in [-0.4, -0.2) is 41.4 Å². The molecule has 3 aromatic rings. The Hall–Kier alpha value is -4.02. The zero-order valence-corrected chi connectivity index (χ0v) is 18.8. The minimum atomic E-state index is -0.591. The quantitative estimate of drug-likeness (QED) is 0.215. The second kappa shape index (κ2) is 10.9. The lowest BCUT2D eigenvalue weighted by Crippen LogP contribution is -2.42. The molecule has 2 heterocycles. The van der Waals surface area contributed by atoms with Crippen molar-refractivity contribution in [3.05, 3.63) is 101 Å². The Morgan fingerprint density at radius 2 is 1.94 bits per heavy atom. The van der Waals surface area contributed by atoms with Gasteiger partial charge in [-0.1, -0.05) is 6.07 Å². The van der Waals surface area contributed by atoms with Crippen molar-refractivity contribution in [3.63, 3.8) is 0 Å². The van der Waals surface area contributed by atoms with Crippen LogP contribution in [0.25, 0.3) is 0 Å². The van der Waals surface area contributed by atoms with Gasteiger partial charge in [0.25, 0.3) is 0 Å². The molecule has 1 aliphatic rings. The average molecular weight is 478 g/mol. The van der Waals surface area contributed by atoms with Gasteiger partial charge in [0.15, 0.2) is 0 Å². The van der Waals surface area contributed by atoms with Crippen molar-refractivity contribution in [2.24, 2.45) is 5.11 Å². The van der Waals surface area contributed by atoms with Crippen LogP contribution in [0.2, 0.25) is 0 Å². The van der Waals surface area contributed by atoms with E-state index in [1.807, 2.05) is 4.90 Å². The fourth-order valence-electron chi connectivity index (χ4n) is 3.82. The highest BCUT2D eigenvalue weighted by Crippen LogP contribution is 2.23. The van der Waals surface area contributed by atoms with E-state index in [1.54, 1.807) is 48.9 Å². The highest BCUT2D eigenvalue weighted by atomic mass is 19.1. The molecule has 0 radical (unpaired) electrons. The molecular weight excluding hydrogens is 452 g/mol. The normalized spacial score (nSPS) is 16.6. The predicted molar refractivity (Wildman–Crippen MR) is 129 cm³/mol. The summed E-state index contributed by atoms with van der Waals surface area (Å²) < 4.78 is 33.9. The summed E-state index contributed by atoms with van der Waals surface area (Å²) in [6.45, 7) is 1.25. The van der Waals surface area contributed by atoms with Crippen LogP contribution in [0.5, 0.6) is 0 Å². The number of ether oxygens (including phenoxy) is 1. The minimum absolute atomic E-state index is 0.00525. The summed E-state index contributed by atoms with van der Waals surface area (Å²) in [6, 6.07) is 12.5. The van der Waals surface area contributed by atoms with Gasteiger partial charge in [-0.15, -0.1) is 0 Å². The van der Waals surface area contributed by atoms with Crippen molar-refractivity contribution in [2.75, 3.05) is 30.7 Å². The number of nitrogens with one attached hydrogen (secondary N) is 3. The van der Waals surface area contributed by atoms with E-state index >= 15 is 0 Å². The molecule has 1 aromatic heterocycles. The fraction of sp³-hybridized carbons (Fsp3) is 0.200. The molecule has 10 heteroatoms. The monoisotopic (exact) mass is 477 g/mol. The maximum absolute atomic E-state index is 14.1. The van der Waals surface area contributed by atoms with Gasteiger partial charge in [-0.05, 0) is 42.5 Å². The zero-order chi connectivity index (χ0) is 24.8. The van der Waals surface area contributed by atoms with E-state index in [0.717, 1.165) is 0 Å². The van der Waals surface area contributed by atoms with Gasteiger partial charge in [0, 0.05) is 66.3 Å². The number of morpholine rings is 1. The Balaban J connectivity index is 1.47.